The van der Waals surface area contributed by atoms with Crippen LogP contribution in [0.5, 0.6) is 0 Å². The molecule has 0 saturated heterocycles. The Morgan fingerprint density at radius 2 is 2.16 bits per heavy atom. The fraction of sp³-hybridized carbons (Fsp3) is 0.636. The van der Waals surface area contributed by atoms with Gasteiger partial charge in [0.15, 0.2) is 5.82 Å². The lowest BCUT2D eigenvalue weighted by molar-refractivity contribution is 0.128. The van der Waals surface area contributed by atoms with Crippen molar-refractivity contribution in [1.29, 1.82) is 0 Å². The van der Waals surface area contributed by atoms with E-state index in [2.05, 4.69) is 15.3 Å². The van der Waals surface area contributed by atoms with Gasteiger partial charge in [-0.1, -0.05) is 11.6 Å². The number of halogens is 1. The molecule has 0 spiro atoms. The molecule has 8 heteroatoms. The number of nitrogens with one attached hydrogen (secondary N) is 1. The maximum absolute atomic E-state index is 11.0. The first-order valence-corrected chi connectivity index (χ1v) is 8.37. The molecule has 1 aromatic rings. The van der Waals surface area contributed by atoms with Crippen LogP contribution in [0.3, 0.4) is 0 Å². The number of anilines is 1. The van der Waals surface area contributed by atoms with Crippen molar-refractivity contribution in [3.05, 3.63) is 17.0 Å². The summed E-state index contributed by atoms with van der Waals surface area (Å²) in [5.41, 5.74) is 0. The minimum absolute atomic E-state index is 0.143. The van der Waals surface area contributed by atoms with E-state index in [1.807, 2.05) is 6.92 Å². The molecule has 1 rings (SSSR count). The number of hydrogen-bond acceptors (Lipinski definition) is 6. The number of sulfone groups is 1. The molecule has 0 atom stereocenters. The Morgan fingerprint density at radius 1 is 1.42 bits per heavy atom. The second-order valence-corrected chi connectivity index (χ2v) is 6.69. The first-order valence-electron chi connectivity index (χ1n) is 5.93. The molecule has 0 saturated carbocycles. The molecule has 0 radical (unpaired) electrons. The highest BCUT2D eigenvalue weighted by Gasteiger charge is 2.05. The van der Waals surface area contributed by atoms with Gasteiger partial charge in [0.1, 0.15) is 27.4 Å². The smallest absolute Gasteiger partial charge is 0.158 e. The van der Waals surface area contributed by atoms with Gasteiger partial charge in [0.25, 0.3) is 0 Å². The molecule has 0 unspecified atom stereocenters. The van der Waals surface area contributed by atoms with Gasteiger partial charge in [-0.05, 0) is 13.3 Å². The molecule has 19 heavy (non-hydrogen) atoms. The third-order valence-corrected chi connectivity index (χ3v) is 3.40. The maximum atomic E-state index is 11.0. The van der Waals surface area contributed by atoms with Gasteiger partial charge < -0.3 is 10.1 Å². The Balaban J connectivity index is 2.51. The maximum Gasteiger partial charge on any atom is 0.158 e. The van der Waals surface area contributed by atoms with Crippen LogP contribution in [-0.2, 0) is 21.2 Å². The van der Waals surface area contributed by atoms with Gasteiger partial charge in [0.05, 0.1) is 5.75 Å². The summed E-state index contributed by atoms with van der Waals surface area (Å²) in [7, 11) is -2.93. The second kappa shape index (κ2) is 7.62. The average molecular weight is 308 g/mol. The lowest BCUT2D eigenvalue weighted by Gasteiger charge is -2.07. The molecule has 0 aromatic carbocycles. The predicted octanol–water partition coefficient (Wildman–Crippen LogP) is 1.51. The van der Waals surface area contributed by atoms with Crippen molar-refractivity contribution in [3.8, 4) is 0 Å². The molecule has 0 fully saturated rings. The summed E-state index contributed by atoms with van der Waals surface area (Å²) in [6, 6.07) is 1.59. The van der Waals surface area contributed by atoms with Crippen LogP contribution in [0.2, 0.25) is 5.15 Å². The van der Waals surface area contributed by atoms with Gasteiger partial charge in [-0.3, -0.25) is 0 Å². The van der Waals surface area contributed by atoms with Gasteiger partial charge in [-0.2, -0.15) is 0 Å². The van der Waals surface area contributed by atoms with E-state index in [1.165, 1.54) is 6.26 Å². The minimum atomic E-state index is -2.93. The summed E-state index contributed by atoms with van der Waals surface area (Å²) in [5, 5.41) is 3.35. The third-order valence-electron chi connectivity index (χ3n) is 2.17. The summed E-state index contributed by atoms with van der Waals surface area (Å²) in [4.78, 5) is 8.26. The zero-order chi connectivity index (χ0) is 14.3. The molecule has 6 nitrogen and oxygen atoms in total. The molecule has 1 N–H and O–H groups in total. The monoisotopic (exact) mass is 307 g/mol. The Bertz CT molecular complexity index is 508. The molecule has 0 bridgehead atoms. The van der Waals surface area contributed by atoms with Gasteiger partial charge in [-0.25, -0.2) is 18.4 Å². The summed E-state index contributed by atoms with van der Waals surface area (Å²) in [6.45, 7) is 3.27. The second-order valence-electron chi connectivity index (χ2n) is 4.04. The first kappa shape index (κ1) is 16.1. The molecular formula is C11H18ClN3O3S. The van der Waals surface area contributed by atoms with Crippen LogP contribution in [0, 0.1) is 0 Å². The van der Waals surface area contributed by atoms with Gasteiger partial charge in [0, 0.05) is 25.5 Å². The standard InChI is InChI=1S/C11H18ClN3O3S/c1-3-18-8-11-14-9(12)7-10(15-11)13-5-4-6-19(2,16)17/h7H,3-6,8H2,1-2H3,(H,13,14,15). The Hall–Kier alpha value is -0.920. The fourth-order valence-electron chi connectivity index (χ4n) is 1.36. The van der Waals surface area contributed by atoms with Gasteiger partial charge in [0.2, 0.25) is 0 Å². The molecule has 0 amide bonds. The van der Waals surface area contributed by atoms with E-state index in [9.17, 15) is 8.42 Å². The third kappa shape index (κ3) is 7.29. The molecule has 1 aromatic heterocycles. The largest absolute Gasteiger partial charge is 0.374 e. The summed E-state index contributed by atoms with van der Waals surface area (Å²) in [6.07, 6.45) is 1.73. The molecular weight excluding hydrogens is 290 g/mol. The Morgan fingerprint density at radius 3 is 2.79 bits per heavy atom. The number of aromatic nitrogens is 2. The SMILES string of the molecule is CCOCc1nc(Cl)cc(NCCCS(C)(=O)=O)n1. The van der Waals surface area contributed by atoms with Crippen LogP contribution in [0.25, 0.3) is 0 Å². The van der Waals surface area contributed by atoms with E-state index in [1.54, 1.807) is 6.07 Å². The summed E-state index contributed by atoms with van der Waals surface area (Å²) < 4.78 is 27.2. The van der Waals surface area contributed by atoms with Crippen molar-refractivity contribution >= 4 is 27.3 Å². The van der Waals surface area contributed by atoms with E-state index < -0.39 is 9.84 Å². The molecule has 1 heterocycles. The quantitative estimate of drug-likeness (QED) is 0.579. The van der Waals surface area contributed by atoms with Crippen molar-refractivity contribution in [1.82, 2.24) is 9.97 Å². The van der Waals surface area contributed by atoms with Gasteiger partial charge in [-0.15, -0.1) is 0 Å². The van der Waals surface area contributed by atoms with Crippen LogP contribution in [-0.4, -0.2) is 43.5 Å². The number of hydrogen-bond donors (Lipinski definition) is 1. The van der Waals surface area contributed by atoms with E-state index in [4.69, 9.17) is 16.3 Å². The van der Waals surface area contributed by atoms with E-state index in [-0.39, 0.29) is 5.75 Å². The fourth-order valence-corrected chi connectivity index (χ4v) is 2.23. The van der Waals surface area contributed by atoms with Crippen LogP contribution in [0.15, 0.2) is 6.07 Å². The number of nitrogens with zero attached hydrogens (tertiary/aromatic N) is 2. The Labute approximate surface area is 118 Å². The highest BCUT2D eigenvalue weighted by atomic mass is 35.5. The van der Waals surface area contributed by atoms with Crippen LogP contribution < -0.4 is 5.32 Å². The van der Waals surface area contributed by atoms with Crippen molar-refractivity contribution in [3.63, 3.8) is 0 Å². The molecule has 0 aliphatic carbocycles. The van der Waals surface area contributed by atoms with Crippen LogP contribution >= 0.6 is 11.6 Å². The minimum Gasteiger partial charge on any atom is -0.374 e. The zero-order valence-corrected chi connectivity index (χ0v) is 12.6. The van der Waals surface area contributed by atoms with Crippen molar-refractivity contribution in [2.45, 2.75) is 20.0 Å². The molecule has 108 valence electrons. The van der Waals surface area contributed by atoms with Crippen molar-refractivity contribution in [2.24, 2.45) is 0 Å². The zero-order valence-electron chi connectivity index (χ0n) is 11.0. The summed E-state index contributed by atoms with van der Waals surface area (Å²) >= 11 is 5.87. The first-order chi connectivity index (χ1) is 8.90. The van der Waals surface area contributed by atoms with Crippen molar-refractivity contribution in [2.75, 3.05) is 30.5 Å². The lowest BCUT2D eigenvalue weighted by Crippen LogP contribution is -2.11. The molecule has 0 aliphatic heterocycles. The van der Waals surface area contributed by atoms with Crippen molar-refractivity contribution < 1.29 is 13.2 Å². The number of rotatable bonds is 8. The van der Waals surface area contributed by atoms with Crippen LogP contribution in [0.1, 0.15) is 19.2 Å². The number of ether oxygens (including phenoxy) is 1. The Kier molecular flexibility index (Phi) is 6.47. The van der Waals surface area contributed by atoms with Gasteiger partial charge >= 0.3 is 0 Å². The van der Waals surface area contributed by atoms with E-state index in [0.717, 1.165) is 0 Å². The van der Waals surface area contributed by atoms with E-state index >= 15 is 0 Å². The lowest BCUT2D eigenvalue weighted by atomic mass is 10.4. The summed E-state index contributed by atoms with van der Waals surface area (Å²) in [5.74, 6) is 1.22. The molecule has 0 aliphatic rings. The van der Waals surface area contributed by atoms with Crippen LogP contribution in [0.4, 0.5) is 5.82 Å². The highest BCUT2D eigenvalue weighted by molar-refractivity contribution is 7.90. The average Bonchev–Trinajstić information content (AvgIpc) is 2.30. The topological polar surface area (TPSA) is 81.2 Å². The predicted molar refractivity (Wildman–Crippen MR) is 75.2 cm³/mol. The highest BCUT2D eigenvalue weighted by Crippen LogP contribution is 2.12. The van der Waals surface area contributed by atoms with E-state index in [0.29, 0.717) is 43.0 Å². The normalized spacial score (nSPS) is 11.5.